The summed E-state index contributed by atoms with van der Waals surface area (Å²) in [5.74, 6) is -0.891. The van der Waals surface area contributed by atoms with Crippen molar-refractivity contribution in [2.45, 2.75) is 12.3 Å². The zero-order valence-electron chi connectivity index (χ0n) is 14.2. The molecule has 9 nitrogen and oxygen atoms in total. The molecule has 0 saturated heterocycles. The zero-order valence-corrected chi connectivity index (χ0v) is 14.2. The summed E-state index contributed by atoms with van der Waals surface area (Å²) in [6.45, 7) is -0.0635. The maximum atomic E-state index is 12.7. The number of benzene rings is 2. The third-order valence-electron chi connectivity index (χ3n) is 4.83. The SMILES string of the molecule is O=C1C[C@H](c2cc3c(cc2[N+](=O)[O-])OCO3)c2c(c3ccccc3oc2=O)O1. The predicted octanol–water partition coefficient (Wildman–Crippen LogP) is 2.87. The summed E-state index contributed by atoms with van der Waals surface area (Å²) in [5.41, 5.74) is -0.490. The van der Waals surface area contributed by atoms with Gasteiger partial charge in [-0.3, -0.25) is 14.9 Å². The van der Waals surface area contributed by atoms with E-state index >= 15 is 0 Å². The number of nitro groups is 1. The summed E-state index contributed by atoms with van der Waals surface area (Å²) in [6.07, 6.45) is -0.239. The summed E-state index contributed by atoms with van der Waals surface area (Å²) in [5, 5.41) is 12.1. The first kappa shape index (κ1) is 16.3. The Morgan fingerprint density at radius 1 is 1.07 bits per heavy atom. The van der Waals surface area contributed by atoms with Crippen LogP contribution in [0.5, 0.6) is 17.2 Å². The number of fused-ring (bicyclic) bond motifs is 4. The molecule has 3 heterocycles. The lowest BCUT2D eigenvalue weighted by Crippen LogP contribution is -2.27. The van der Waals surface area contributed by atoms with Crippen LogP contribution in [0, 0.1) is 10.1 Å². The Hall–Kier alpha value is -3.88. The minimum absolute atomic E-state index is 0.0635. The first-order valence-corrected chi connectivity index (χ1v) is 8.37. The lowest BCUT2D eigenvalue weighted by molar-refractivity contribution is -0.385. The van der Waals surface area contributed by atoms with Gasteiger partial charge in [-0.2, -0.15) is 0 Å². The van der Waals surface area contributed by atoms with Crippen molar-refractivity contribution >= 4 is 22.6 Å². The van der Waals surface area contributed by atoms with E-state index in [4.69, 9.17) is 18.6 Å². The second-order valence-electron chi connectivity index (χ2n) is 6.38. The molecule has 28 heavy (non-hydrogen) atoms. The summed E-state index contributed by atoms with van der Waals surface area (Å²) in [4.78, 5) is 36.1. The van der Waals surface area contributed by atoms with Crippen molar-refractivity contribution in [3.8, 4) is 17.2 Å². The smallest absolute Gasteiger partial charge is 0.343 e. The van der Waals surface area contributed by atoms with Gasteiger partial charge in [-0.05, 0) is 18.2 Å². The molecule has 2 aromatic carbocycles. The Morgan fingerprint density at radius 2 is 1.82 bits per heavy atom. The molecule has 0 spiro atoms. The number of hydrogen-bond donors (Lipinski definition) is 0. The predicted molar refractivity (Wildman–Crippen MR) is 93.8 cm³/mol. The molecule has 140 valence electrons. The van der Waals surface area contributed by atoms with Crippen LogP contribution in [0.4, 0.5) is 5.69 Å². The lowest BCUT2D eigenvalue weighted by atomic mass is 9.85. The number of carbonyl (C=O) groups is 1. The number of esters is 1. The Balaban J connectivity index is 1.80. The van der Waals surface area contributed by atoms with Gasteiger partial charge in [0.15, 0.2) is 17.2 Å². The van der Waals surface area contributed by atoms with Gasteiger partial charge in [0.2, 0.25) is 6.79 Å². The van der Waals surface area contributed by atoms with Crippen LogP contribution in [-0.4, -0.2) is 17.7 Å². The lowest BCUT2D eigenvalue weighted by Gasteiger charge is -2.24. The van der Waals surface area contributed by atoms with Crippen LogP contribution in [0.25, 0.3) is 11.0 Å². The number of ether oxygens (including phenoxy) is 3. The van der Waals surface area contributed by atoms with E-state index < -0.39 is 22.4 Å². The molecule has 0 amide bonds. The number of para-hydroxylation sites is 1. The van der Waals surface area contributed by atoms with E-state index in [0.717, 1.165) is 0 Å². The minimum atomic E-state index is -0.910. The van der Waals surface area contributed by atoms with Crippen molar-refractivity contribution in [1.82, 2.24) is 0 Å². The van der Waals surface area contributed by atoms with Gasteiger partial charge in [0.1, 0.15) is 5.58 Å². The normalized spacial score (nSPS) is 17.3. The van der Waals surface area contributed by atoms with E-state index in [1.807, 2.05) is 0 Å². The topological polar surface area (TPSA) is 118 Å². The quantitative estimate of drug-likeness (QED) is 0.288. The van der Waals surface area contributed by atoms with Crippen molar-refractivity contribution in [2.24, 2.45) is 0 Å². The second kappa shape index (κ2) is 5.81. The van der Waals surface area contributed by atoms with E-state index in [0.29, 0.717) is 11.1 Å². The largest absolute Gasteiger partial charge is 0.454 e. The molecule has 5 rings (SSSR count). The zero-order chi connectivity index (χ0) is 19.4. The Bertz CT molecular complexity index is 1230. The molecular weight excluding hydrogens is 370 g/mol. The number of rotatable bonds is 2. The average Bonchev–Trinajstić information content (AvgIpc) is 3.14. The molecule has 1 atom stereocenters. The first-order valence-electron chi connectivity index (χ1n) is 8.37. The van der Waals surface area contributed by atoms with Crippen molar-refractivity contribution in [3.63, 3.8) is 0 Å². The van der Waals surface area contributed by atoms with Gasteiger partial charge < -0.3 is 18.6 Å². The monoisotopic (exact) mass is 381 g/mol. The molecule has 0 bridgehead atoms. The summed E-state index contributed by atoms with van der Waals surface area (Å²) in [7, 11) is 0. The molecule has 2 aliphatic rings. The number of nitrogens with zero attached hydrogens (tertiary/aromatic N) is 1. The molecule has 0 aliphatic carbocycles. The number of carbonyl (C=O) groups excluding carboxylic acids is 1. The fraction of sp³-hybridized carbons (Fsp3) is 0.158. The maximum Gasteiger partial charge on any atom is 0.343 e. The molecule has 1 aromatic heterocycles. The molecule has 3 aromatic rings. The second-order valence-corrected chi connectivity index (χ2v) is 6.38. The highest BCUT2D eigenvalue weighted by molar-refractivity contribution is 5.90. The Labute approximate surface area is 156 Å². The van der Waals surface area contributed by atoms with E-state index in [-0.39, 0.29) is 47.1 Å². The van der Waals surface area contributed by atoms with Crippen LogP contribution in [0.3, 0.4) is 0 Å². The van der Waals surface area contributed by atoms with Crippen molar-refractivity contribution in [3.05, 3.63) is 68.1 Å². The Morgan fingerprint density at radius 3 is 2.61 bits per heavy atom. The summed E-state index contributed by atoms with van der Waals surface area (Å²) >= 11 is 0. The molecular formula is C19H11NO8. The molecule has 2 aliphatic heterocycles. The minimum Gasteiger partial charge on any atom is -0.454 e. The molecule has 9 heteroatoms. The highest BCUT2D eigenvalue weighted by atomic mass is 16.7. The van der Waals surface area contributed by atoms with Crippen LogP contribution in [0.1, 0.15) is 23.5 Å². The highest BCUT2D eigenvalue weighted by Crippen LogP contribution is 2.47. The molecule has 0 radical (unpaired) electrons. The third-order valence-corrected chi connectivity index (χ3v) is 4.83. The summed E-state index contributed by atoms with van der Waals surface area (Å²) < 4.78 is 21.2. The highest BCUT2D eigenvalue weighted by Gasteiger charge is 2.38. The van der Waals surface area contributed by atoms with Crippen LogP contribution >= 0.6 is 0 Å². The fourth-order valence-electron chi connectivity index (χ4n) is 3.62. The summed E-state index contributed by atoms with van der Waals surface area (Å²) in [6, 6.07) is 9.30. The van der Waals surface area contributed by atoms with Gasteiger partial charge >= 0.3 is 11.6 Å². The van der Waals surface area contributed by atoms with E-state index in [1.165, 1.54) is 12.1 Å². The number of nitro benzene ring substituents is 1. The van der Waals surface area contributed by atoms with Crippen molar-refractivity contribution in [2.75, 3.05) is 6.79 Å². The van der Waals surface area contributed by atoms with Gasteiger partial charge in [-0.25, -0.2) is 4.79 Å². The van der Waals surface area contributed by atoms with Crippen LogP contribution in [0.2, 0.25) is 0 Å². The maximum absolute atomic E-state index is 12.7. The van der Waals surface area contributed by atoms with Gasteiger partial charge in [0.25, 0.3) is 5.69 Å². The molecule has 0 fully saturated rings. The van der Waals surface area contributed by atoms with Crippen molar-refractivity contribution in [1.29, 1.82) is 0 Å². The molecule has 0 N–H and O–H groups in total. The van der Waals surface area contributed by atoms with Crippen molar-refractivity contribution < 1.29 is 28.3 Å². The standard InChI is InChI=1S/C19H11NO8/c21-16-6-11(10-5-14-15(26-8-25-14)7-12(10)20(23)24)17-18(28-16)9-3-1-2-4-13(9)27-19(17)22/h1-5,7,11H,6,8H2/t11-/m1/s1. The first-order chi connectivity index (χ1) is 13.5. The van der Waals surface area contributed by atoms with Crippen LogP contribution in [0.15, 0.2) is 45.6 Å². The van der Waals surface area contributed by atoms with Gasteiger partial charge in [0, 0.05) is 11.5 Å². The third kappa shape index (κ3) is 2.33. The Kier molecular flexibility index (Phi) is 3.38. The molecule has 0 saturated carbocycles. The van der Waals surface area contributed by atoms with E-state index in [9.17, 15) is 19.7 Å². The van der Waals surface area contributed by atoms with E-state index in [1.54, 1.807) is 24.3 Å². The molecule has 0 unspecified atom stereocenters. The number of hydrogen-bond acceptors (Lipinski definition) is 8. The van der Waals surface area contributed by atoms with E-state index in [2.05, 4.69) is 0 Å². The fourth-order valence-corrected chi connectivity index (χ4v) is 3.62. The van der Waals surface area contributed by atoms with Gasteiger partial charge in [-0.1, -0.05) is 12.1 Å². The van der Waals surface area contributed by atoms with Crippen LogP contribution in [-0.2, 0) is 4.79 Å². The average molecular weight is 381 g/mol. The van der Waals surface area contributed by atoms with Gasteiger partial charge in [-0.15, -0.1) is 0 Å². The van der Waals surface area contributed by atoms with Crippen LogP contribution < -0.4 is 19.8 Å². The van der Waals surface area contributed by atoms with Gasteiger partial charge in [0.05, 0.1) is 28.4 Å².